The van der Waals surface area contributed by atoms with Gasteiger partial charge in [-0.3, -0.25) is 4.98 Å². The van der Waals surface area contributed by atoms with Gasteiger partial charge in [0.05, 0.1) is 31.5 Å². The zero-order valence-electron chi connectivity index (χ0n) is 18.3. The average Bonchev–Trinajstić information content (AvgIpc) is 3.28. The lowest BCUT2D eigenvalue weighted by Crippen LogP contribution is -2.29. The lowest BCUT2D eigenvalue weighted by molar-refractivity contribution is 0.186. The molecule has 1 saturated heterocycles. The fraction of sp³-hybridized carbons (Fsp3) is 0.333. The van der Waals surface area contributed by atoms with E-state index in [9.17, 15) is 0 Å². The van der Waals surface area contributed by atoms with Gasteiger partial charge < -0.3 is 24.3 Å². The molecule has 0 spiro atoms. The average molecular weight is 437 g/mol. The molecule has 0 amide bonds. The summed E-state index contributed by atoms with van der Waals surface area (Å²) in [6, 6.07) is 16.2. The quantitative estimate of drug-likeness (QED) is 0.557. The Morgan fingerprint density at radius 3 is 2.65 bits per heavy atom. The molecule has 0 radical (unpaired) electrons. The Kier molecular flexibility index (Phi) is 6.25. The molecule has 0 saturated carbocycles. The molecule has 0 bridgehead atoms. The second-order valence-electron chi connectivity index (χ2n) is 7.67. The van der Waals surface area contributed by atoms with Crippen molar-refractivity contribution in [3.8, 4) is 5.75 Å². The van der Waals surface area contributed by atoms with Gasteiger partial charge in [-0.15, -0.1) is 0 Å². The van der Waals surface area contributed by atoms with Gasteiger partial charge >= 0.3 is 0 Å². The van der Waals surface area contributed by atoms with Crippen LogP contribution in [-0.2, 0) is 11.3 Å². The third kappa shape index (κ3) is 4.03. The monoisotopic (exact) mass is 436 g/mol. The van der Waals surface area contributed by atoms with E-state index in [0.717, 1.165) is 23.7 Å². The van der Waals surface area contributed by atoms with E-state index in [1.165, 1.54) is 17.0 Å². The SMILES string of the molecule is COCCn1c(C)cc([C@H]2[C@@H](c3ccccn3)NC(=S)N2c2cccc(OC)c2)c1C. The Morgan fingerprint density at radius 1 is 1.10 bits per heavy atom. The number of pyridine rings is 1. The van der Waals surface area contributed by atoms with E-state index in [0.29, 0.717) is 11.7 Å². The molecule has 1 aliphatic rings. The Bertz CT molecular complexity index is 1070. The normalized spacial score (nSPS) is 18.3. The van der Waals surface area contributed by atoms with E-state index in [4.69, 9.17) is 21.7 Å². The summed E-state index contributed by atoms with van der Waals surface area (Å²) in [5.74, 6) is 0.797. The Morgan fingerprint density at radius 2 is 1.94 bits per heavy atom. The minimum absolute atomic E-state index is 0.0444. The lowest BCUT2D eigenvalue weighted by atomic mass is 9.96. The Hall–Kier alpha value is -2.90. The van der Waals surface area contributed by atoms with Crippen molar-refractivity contribution >= 4 is 23.0 Å². The molecule has 0 aliphatic carbocycles. The topological polar surface area (TPSA) is 51.5 Å². The predicted molar refractivity (Wildman–Crippen MR) is 127 cm³/mol. The third-order valence-electron chi connectivity index (χ3n) is 5.88. The van der Waals surface area contributed by atoms with Crippen molar-refractivity contribution < 1.29 is 9.47 Å². The van der Waals surface area contributed by atoms with E-state index in [-0.39, 0.29) is 12.1 Å². The van der Waals surface area contributed by atoms with Gasteiger partial charge in [-0.25, -0.2) is 0 Å². The van der Waals surface area contributed by atoms with Crippen LogP contribution in [0.3, 0.4) is 0 Å². The van der Waals surface area contributed by atoms with Crippen molar-refractivity contribution in [3.05, 3.63) is 77.4 Å². The van der Waals surface area contributed by atoms with Crippen molar-refractivity contribution in [2.75, 3.05) is 25.7 Å². The first kappa shape index (κ1) is 21.3. The second kappa shape index (κ2) is 9.08. The summed E-state index contributed by atoms with van der Waals surface area (Å²) in [4.78, 5) is 6.82. The molecule has 0 unspecified atom stereocenters. The minimum atomic E-state index is -0.0729. The van der Waals surface area contributed by atoms with E-state index in [1.54, 1.807) is 14.2 Å². The molecular formula is C24H28N4O2S. The van der Waals surface area contributed by atoms with Gasteiger partial charge in [0, 0.05) is 43.0 Å². The molecular weight excluding hydrogens is 408 g/mol. The van der Waals surface area contributed by atoms with Crippen LogP contribution in [0.2, 0.25) is 0 Å². The molecule has 2 atom stereocenters. The van der Waals surface area contributed by atoms with E-state index in [2.05, 4.69) is 45.7 Å². The summed E-state index contributed by atoms with van der Waals surface area (Å²) in [5, 5.41) is 4.20. The van der Waals surface area contributed by atoms with Crippen LogP contribution in [-0.4, -0.2) is 35.5 Å². The molecule has 7 heteroatoms. The van der Waals surface area contributed by atoms with Crippen LogP contribution in [0.1, 0.15) is 34.7 Å². The van der Waals surface area contributed by atoms with Gasteiger partial charge in [0.1, 0.15) is 5.75 Å². The number of benzene rings is 1. The first-order chi connectivity index (χ1) is 15.0. The van der Waals surface area contributed by atoms with Gasteiger partial charge in [0.2, 0.25) is 0 Å². The fourth-order valence-corrected chi connectivity index (χ4v) is 4.71. The summed E-state index contributed by atoms with van der Waals surface area (Å²) >= 11 is 5.83. The van der Waals surface area contributed by atoms with E-state index in [1.807, 2.05) is 42.6 Å². The molecule has 2 aromatic heterocycles. The molecule has 162 valence electrons. The molecule has 3 heterocycles. The lowest BCUT2D eigenvalue weighted by Gasteiger charge is -2.28. The maximum absolute atomic E-state index is 5.83. The van der Waals surface area contributed by atoms with Gasteiger partial charge in [0.15, 0.2) is 5.11 Å². The first-order valence-electron chi connectivity index (χ1n) is 10.4. The Labute approximate surface area is 188 Å². The number of nitrogens with one attached hydrogen (secondary N) is 1. The minimum Gasteiger partial charge on any atom is -0.497 e. The molecule has 3 aromatic rings. The summed E-state index contributed by atoms with van der Waals surface area (Å²) in [7, 11) is 3.41. The van der Waals surface area contributed by atoms with Crippen LogP contribution in [0.25, 0.3) is 0 Å². The Balaban J connectivity index is 1.84. The maximum Gasteiger partial charge on any atom is 0.174 e. The first-order valence-corrected chi connectivity index (χ1v) is 10.8. The van der Waals surface area contributed by atoms with Crippen LogP contribution in [0, 0.1) is 13.8 Å². The van der Waals surface area contributed by atoms with Crippen molar-refractivity contribution in [3.63, 3.8) is 0 Å². The smallest absolute Gasteiger partial charge is 0.174 e. The summed E-state index contributed by atoms with van der Waals surface area (Å²) < 4.78 is 13.1. The number of hydrogen-bond acceptors (Lipinski definition) is 4. The number of aryl methyl sites for hydroxylation is 1. The molecule has 1 aliphatic heterocycles. The number of hydrogen-bond donors (Lipinski definition) is 1. The highest BCUT2D eigenvalue weighted by atomic mass is 32.1. The van der Waals surface area contributed by atoms with Crippen molar-refractivity contribution in [2.24, 2.45) is 0 Å². The van der Waals surface area contributed by atoms with Crippen LogP contribution in [0.5, 0.6) is 5.75 Å². The number of anilines is 1. The highest BCUT2D eigenvalue weighted by molar-refractivity contribution is 7.80. The van der Waals surface area contributed by atoms with Crippen LogP contribution >= 0.6 is 12.2 Å². The zero-order chi connectivity index (χ0) is 22.0. The second-order valence-corrected chi connectivity index (χ2v) is 8.06. The highest BCUT2D eigenvalue weighted by Crippen LogP contribution is 2.43. The third-order valence-corrected chi connectivity index (χ3v) is 6.19. The summed E-state index contributed by atoms with van der Waals surface area (Å²) in [6.45, 7) is 5.78. The molecule has 6 nitrogen and oxygen atoms in total. The molecule has 31 heavy (non-hydrogen) atoms. The van der Waals surface area contributed by atoms with Gasteiger partial charge in [-0.2, -0.15) is 0 Å². The summed E-state index contributed by atoms with van der Waals surface area (Å²) in [6.07, 6.45) is 1.83. The van der Waals surface area contributed by atoms with Crippen LogP contribution in [0.15, 0.2) is 54.7 Å². The molecule has 4 rings (SSSR count). The van der Waals surface area contributed by atoms with Gasteiger partial charge in [-0.1, -0.05) is 12.1 Å². The number of ether oxygens (including phenoxy) is 2. The zero-order valence-corrected chi connectivity index (χ0v) is 19.1. The number of thiocarbonyl (C=S) groups is 1. The standard InChI is InChI=1S/C24H28N4O2S/c1-16-14-20(17(2)27(16)12-13-29-3)23-22(21-10-5-6-11-25-21)26-24(31)28(23)18-8-7-9-19(15-18)30-4/h5-11,14-15,22-23H,12-13H2,1-4H3,(H,26,31)/t22-,23+/m1/s1. The number of rotatable bonds is 7. The fourth-order valence-electron chi connectivity index (χ4n) is 4.36. The van der Waals surface area contributed by atoms with Gasteiger partial charge in [-0.05, 0) is 62.0 Å². The number of nitrogens with zero attached hydrogens (tertiary/aromatic N) is 3. The van der Waals surface area contributed by atoms with Gasteiger partial charge in [0.25, 0.3) is 0 Å². The largest absolute Gasteiger partial charge is 0.497 e. The van der Waals surface area contributed by atoms with Crippen molar-refractivity contribution in [1.82, 2.24) is 14.9 Å². The van der Waals surface area contributed by atoms with Crippen LogP contribution < -0.4 is 15.0 Å². The number of methoxy groups -OCH3 is 2. The van der Waals surface area contributed by atoms with E-state index < -0.39 is 0 Å². The van der Waals surface area contributed by atoms with Crippen molar-refractivity contribution in [1.29, 1.82) is 0 Å². The molecule has 1 fully saturated rings. The number of aromatic nitrogens is 2. The highest BCUT2D eigenvalue weighted by Gasteiger charge is 2.42. The van der Waals surface area contributed by atoms with E-state index >= 15 is 0 Å². The predicted octanol–water partition coefficient (Wildman–Crippen LogP) is 4.33. The maximum atomic E-state index is 5.83. The van der Waals surface area contributed by atoms with Crippen molar-refractivity contribution in [2.45, 2.75) is 32.5 Å². The van der Waals surface area contributed by atoms with Crippen LogP contribution in [0.4, 0.5) is 5.69 Å². The molecule has 1 N–H and O–H groups in total. The summed E-state index contributed by atoms with van der Waals surface area (Å²) in [5.41, 5.74) is 5.58. The molecule has 1 aromatic carbocycles.